The molecule has 0 unspecified atom stereocenters. The maximum atomic E-state index is 13.7. The Morgan fingerprint density at radius 2 is 1.39 bits per heavy atom. The van der Waals surface area contributed by atoms with E-state index in [9.17, 15) is 26.3 Å². The van der Waals surface area contributed by atoms with E-state index in [0.29, 0.717) is 5.92 Å². The molecule has 0 heterocycles. The van der Waals surface area contributed by atoms with Crippen LogP contribution in [-0.2, 0) is 25.2 Å². The smallest absolute Gasteiger partial charge is 0.420 e. The third kappa shape index (κ3) is 6.24. The Morgan fingerprint density at radius 3 is 1.91 bits per heavy atom. The molecule has 3 rings (SSSR count). The molecule has 182 valence electrons. The molecular formula is C26H30F6O. The van der Waals surface area contributed by atoms with Gasteiger partial charge in [-0.1, -0.05) is 50.1 Å². The minimum Gasteiger partial charge on any atom is -0.496 e. The summed E-state index contributed by atoms with van der Waals surface area (Å²) >= 11 is 0. The minimum absolute atomic E-state index is 0.149. The predicted molar refractivity (Wildman–Crippen MR) is 116 cm³/mol. The zero-order chi connectivity index (χ0) is 24.2. The van der Waals surface area contributed by atoms with Crippen LogP contribution in [-0.4, -0.2) is 7.11 Å². The molecule has 1 saturated carbocycles. The molecule has 0 aliphatic heterocycles. The number of hydrogen-bond acceptors (Lipinski definition) is 1. The van der Waals surface area contributed by atoms with Crippen molar-refractivity contribution >= 4 is 0 Å². The molecular weight excluding hydrogens is 442 g/mol. The van der Waals surface area contributed by atoms with Gasteiger partial charge in [0.2, 0.25) is 0 Å². The standard InChI is InChI=1S/C26H30F6O/c1-3-4-17-5-10-19(11-6-17)20-12-7-18(8-13-20)9-14-21-15-16-22(33-2)24(26(30,31)32)23(21)25(27,28)29/h7-8,12-13,15-17,19H,3-6,9-11,14H2,1-2H3. The third-order valence-electron chi connectivity index (χ3n) is 6.72. The number of ether oxygens (including phenoxy) is 1. The Kier molecular flexibility index (Phi) is 8.01. The van der Waals surface area contributed by atoms with Crippen molar-refractivity contribution in [2.75, 3.05) is 7.11 Å². The van der Waals surface area contributed by atoms with E-state index in [-0.39, 0.29) is 18.4 Å². The average molecular weight is 473 g/mol. The molecule has 1 aliphatic rings. The summed E-state index contributed by atoms with van der Waals surface area (Å²) in [5, 5.41) is 0. The molecule has 33 heavy (non-hydrogen) atoms. The number of hydrogen-bond donors (Lipinski definition) is 0. The molecule has 0 spiro atoms. The third-order valence-corrected chi connectivity index (χ3v) is 6.72. The topological polar surface area (TPSA) is 9.23 Å². The molecule has 0 radical (unpaired) electrons. The van der Waals surface area contributed by atoms with Crippen LogP contribution in [0, 0.1) is 5.92 Å². The van der Waals surface area contributed by atoms with Crippen LogP contribution in [0.3, 0.4) is 0 Å². The van der Waals surface area contributed by atoms with E-state index in [1.807, 2.05) is 24.3 Å². The first kappa shape index (κ1) is 25.4. The lowest BCUT2D eigenvalue weighted by Crippen LogP contribution is -2.20. The second-order valence-corrected chi connectivity index (χ2v) is 8.92. The van der Waals surface area contributed by atoms with Gasteiger partial charge in [-0.25, -0.2) is 0 Å². The Labute approximate surface area is 191 Å². The van der Waals surface area contributed by atoms with E-state index in [1.54, 1.807) is 0 Å². The number of rotatable bonds is 7. The van der Waals surface area contributed by atoms with Gasteiger partial charge in [-0.2, -0.15) is 26.3 Å². The van der Waals surface area contributed by atoms with Gasteiger partial charge in [-0.15, -0.1) is 0 Å². The molecule has 0 atom stereocenters. The van der Waals surface area contributed by atoms with Crippen molar-refractivity contribution in [3.63, 3.8) is 0 Å². The van der Waals surface area contributed by atoms with E-state index in [1.165, 1.54) is 31.2 Å². The molecule has 0 saturated heterocycles. The van der Waals surface area contributed by atoms with Gasteiger partial charge in [0.15, 0.2) is 0 Å². The van der Waals surface area contributed by atoms with Crippen LogP contribution in [0.25, 0.3) is 0 Å². The van der Waals surface area contributed by atoms with Crippen LogP contribution >= 0.6 is 0 Å². The largest absolute Gasteiger partial charge is 0.496 e. The monoisotopic (exact) mass is 472 g/mol. The van der Waals surface area contributed by atoms with Crippen molar-refractivity contribution in [1.29, 1.82) is 0 Å². The van der Waals surface area contributed by atoms with Crippen LogP contribution < -0.4 is 4.74 Å². The summed E-state index contributed by atoms with van der Waals surface area (Å²) in [5.41, 5.74) is -1.77. The SMILES string of the molecule is CCCC1CCC(c2ccc(CCc3ccc(OC)c(C(F)(F)F)c3C(F)(F)F)cc2)CC1. The number of halogens is 6. The molecule has 1 nitrogen and oxygen atoms in total. The molecule has 2 aromatic rings. The molecule has 1 aliphatic carbocycles. The quantitative estimate of drug-likeness (QED) is 0.367. The van der Waals surface area contributed by atoms with Crippen LogP contribution in [0.4, 0.5) is 26.3 Å². The van der Waals surface area contributed by atoms with Gasteiger partial charge in [0.25, 0.3) is 0 Å². The molecule has 7 heteroatoms. The summed E-state index contributed by atoms with van der Waals surface area (Å²) in [4.78, 5) is 0. The van der Waals surface area contributed by atoms with Crippen molar-refractivity contribution in [2.45, 2.75) is 76.6 Å². The summed E-state index contributed by atoms with van der Waals surface area (Å²) in [7, 11) is 0.933. The molecule has 0 bridgehead atoms. The van der Waals surface area contributed by atoms with E-state index in [0.717, 1.165) is 43.6 Å². The van der Waals surface area contributed by atoms with E-state index in [4.69, 9.17) is 0 Å². The highest BCUT2D eigenvalue weighted by atomic mass is 19.4. The highest BCUT2D eigenvalue weighted by Crippen LogP contribution is 2.46. The molecule has 2 aromatic carbocycles. The Morgan fingerprint density at radius 1 is 0.788 bits per heavy atom. The summed E-state index contributed by atoms with van der Waals surface area (Å²) < 4.78 is 86.0. The van der Waals surface area contributed by atoms with Gasteiger partial charge >= 0.3 is 12.4 Å². The lowest BCUT2D eigenvalue weighted by molar-refractivity contribution is -0.163. The van der Waals surface area contributed by atoms with Crippen molar-refractivity contribution in [2.24, 2.45) is 5.92 Å². The number of benzene rings is 2. The highest BCUT2D eigenvalue weighted by Gasteiger charge is 2.47. The lowest BCUT2D eigenvalue weighted by Gasteiger charge is -2.28. The van der Waals surface area contributed by atoms with Gasteiger partial charge < -0.3 is 4.74 Å². The van der Waals surface area contributed by atoms with Gasteiger partial charge in [0, 0.05) is 0 Å². The first-order valence-electron chi connectivity index (χ1n) is 11.5. The van der Waals surface area contributed by atoms with Crippen molar-refractivity contribution in [3.8, 4) is 5.75 Å². The number of aryl methyl sites for hydroxylation is 2. The second-order valence-electron chi connectivity index (χ2n) is 8.92. The fraction of sp³-hybridized carbons (Fsp3) is 0.538. The fourth-order valence-electron chi connectivity index (χ4n) is 5.04. The van der Waals surface area contributed by atoms with Crippen molar-refractivity contribution in [1.82, 2.24) is 0 Å². The van der Waals surface area contributed by atoms with E-state index < -0.39 is 29.2 Å². The zero-order valence-corrected chi connectivity index (χ0v) is 19.0. The van der Waals surface area contributed by atoms with Crippen molar-refractivity contribution < 1.29 is 31.1 Å². The Bertz CT molecular complexity index is 906. The second kappa shape index (κ2) is 10.4. The molecule has 0 amide bonds. The van der Waals surface area contributed by atoms with Gasteiger partial charge in [-0.3, -0.25) is 0 Å². The van der Waals surface area contributed by atoms with Gasteiger partial charge in [-0.05, 0) is 73.1 Å². The predicted octanol–water partition coefficient (Wildman–Crippen LogP) is 8.59. The van der Waals surface area contributed by atoms with Gasteiger partial charge in [0.05, 0.1) is 12.7 Å². The zero-order valence-electron chi connectivity index (χ0n) is 19.0. The van der Waals surface area contributed by atoms with Crippen LogP contribution in [0.1, 0.15) is 79.2 Å². The first-order valence-corrected chi connectivity index (χ1v) is 11.5. The Hall–Kier alpha value is -2.18. The average Bonchev–Trinajstić information content (AvgIpc) is 2.77. The normalized spacial score (nSPS) is 19.5. The highest BCUT2D eigenvalue weighted by molar-refractivity contribution is 5.49. The minimum atomic E-state index is -5.18. The van der Waals surface area contributed by atoms with E-state index in [2.05, 4.69) is 11.7 Å². The lowest BCUT2D eigenvalue weighted by atomic mass is 9.77. The van der Waals surface area contributed by atoms with Crippen LogP contribution in [0.15, 0.2) is 36.4 Å². The van der Waals surface area contributed by atoms with Gasteiger partial charge in [0.1, 0.15) is 11.3 Å². The summed E-state index contributed by atoms with van der Waals surface area (Å²) in [6, 6.07) is 9.84. The van der Waals surface area contributed by atoms with Crippen molar-refractivity contribution in [3.05, 3.63) is 64.2 Å². The van der Waals surface area contributed by atoms with E-state index >= 15 is 0 Å². The Balaban J connectivity index is 1.75. The maximum Gasteiger partial charge on any atom is 0.420 e. The maximum absolute atomic E-state index is 13.7. The molecule has 1 fully saturated rings. The summed E-state index contributed by atoms with van der Waals surface area (Å²) in [6.07, 6.45) is -3.04. The summed E-state index contributed by atoms with van der Waals surface area (Å²) in [6.45, 7) is 2.21. The first-order chi connectivity index (χ1) is 15.5. The molecule has 0 aromatic heterocycles. The summed E-state index contributed by atoms with van der Waals surface area (Å²) in [5.74, 6) is 0.482. The molecule has 0 N–H and O–H groups in total. The fourth-order valence-corrected chi connectivity index (χ4v) is 5.04. The number of alkyl halides is 6. The van der Waals surface area contributed by atoms with Crippen LogP contribution in [0.2, 0.25) is 0 Å². The number of methoxy groups -OCH3 is 1. The van der Waals surface area contributed by atoms with Crippen LogP contribution in [0.5, 0.6) is 5.75 Å².